The number of carbonyl (C=O) groups is 2. The number of carbonyl (C=O) groups excluding carboxylic acids is 2. The maximum atomic E-state index is 14.0. The summed E-state index contributed by atoms with van der Waals surface area (Å²) in [6.45, 7) is 9.09. The largest absolute Gasteiger partial charge is 0.496 e. The fraction of sp³-hybridized carbons (Fsp3) is 0.333. The molecule has 0 spiro atoms. The minimum Gasteiger partial charge on any atom is -0.496 e. The second-order valence-electron chi connectivity index (χ2n) is 10.2. The lowest BCUT2D eigenvalue weighted by Gasteiger charge is -2.39. The highest BCUT2D eigenvalue weighted by molar-refractivity contribution is 6.08. The number of methoxy groups -OCH3 is 1. The molecule has 0 aliphatic carbocycles. The Balaban J connectivity index is 1.85. The van der Waals surface area contributed by atoms with Gasteiger partial charge in [-0.2, -0.15) is 0 Å². The van der Waals surface area contributed by atoms with Gasteiger partial charge in [0, 0.05) is 30.3 Å². The van der Waals surface area contributed by atoms with Crippen molar-refractivity contribution in [3.8, 4) is 28.4 Å². The van der Waals surface area contributed by atoms with E-state index in [2.05, 4.69) is 5.32 Å². The van der Waals surface area contributed by atoms with Crippen molar-refractivity contribution in [1.29, 1.82) is 0 Å². The van der Waals surface area contributed by atoms with E-state index in [-0.39, 0.29) is 24.4 Å². The van der Waals surface area contributed by atoms with E-state index < -0.39 is 11.4 Å². The maximum absolute atomic E-state index is 14.0. The van der Waals surface area contributed by atoms with Crippen molar-refractivity contribution in [1.82, 2.24) is 0 Å². The minimum atomic E-state index is -0.791. The predicted octanol–water partition coefficient (Wildman–Crippen LogP) is 6.12. The molecule has 1 amide bonds. The van der Waals surface area contributed by atoms with E-state index in [0.29, 0.717) is 22.9 Å². The molecule has 0 bridgehead atoms. The Morgan fingerprint density at radius 2 is 1.76 bits per heavy atom. The van der Waals surface area contributed by atoms with Gasteiger partial charge in [0.2, 0.25) is 0 Å². The van der Waals surface area contributed by atoms with Crippen LogP contribution in [-0.4, -0.2) is 31.6 Å². The van der Waals surface area contributed by atoms with E-state index in [1.54, 1.807) is 44.0 Å². The van der Waals surface area contributed by atoms with Crippen LogP contribution in [0.15, 0.2) is 48.5 Å². The normalized spacial score (nSPS) is 14.1. The van der Waals surface area contributed by atoms with Gasteiger partial charge in [-0.05, 0) is 56.2 Å². The Kier molecular flexibility index (Phi) is 7.35. The number of rotatable bonds is 7. The number of nitrogens with zero attached hydrogens (tertiary/aromatic N) is 1. The van der Waals surface area contributed by atoms with Crippen LogP contribution in [0.25, 0.3) is 11.1 Å². The zero-order valence-electron chi connectivity index (χ0n) is 22.8. The molecule has 38 heavy (non-hydrogen) atoms. The molecule has 1 aliphatic heterocycles. The molecule has 0 unspecified atom stereocenters. The highest BCUT2D eigenvalue weighted by Crippen LogP contribution is 2.45. The zero-order valence-corrected chi connectivity index (χ0v) is 22.8. The molecular weight excluding hydrogens is 487 g/mol. The number of aryl methyl sites for hydroxylation is 1. The van der Waals surface area contributed by atoms with Crippen LogP contribution < -0.4 is 24.4 Å². The molecular formula is C30H33FN2O5. The summed E-state index contributed by atoms with van der Waals surface area (Å²) in [5.41, 5.74) is 3.64. The van der Waals surface area contributed by atoms with Crippen molar-refractivity contribution in [3.63, 3.8) is 0 Å². The van der Waals surface area contributed by atoms with Crippen LogP contribution in [-0.2, 0) is 16.2 Å². The van der Waals surface area contributed by atoms with E-state index in [1.807, 2.05) is 39.0 Å². The van der Waals surface area contributed by atoms with Gasteiger partial charge in [-0.15, -0.1) is 0 Å². The molecule has 1 aliphatic rings. The van der Waals surface area contributed by atoms with Crippen molar-refractivity contribution < 1.29 is 28.2 Å². The van der Waals surface area contributed by atoms with E-state index in [0.717, 1.165) is 27.9 Å². The van der Waals surface area contributed by atoms with Crippen LogP contribution in [0.2, 0.25) is 0 Å². The number of ether oxygens (including phenoxy) is 3. The van der Waals surface area contributed by atoms with Gasteiger partial charge in [0.15, 0.2) is 0 Å². The van der Waals surface area contributed by atoms with Crippen molar-refractivity contribution in [2.45, 2.75) is 46.8 Å². The first-order chi connectivity index (χ1) is 17.9. The van der Waals surface area contributed by atoms with Gasteiger partial charge in [0.1, 0.15) is 35.2 Å². The number of benzene rings is 3. The van der Waals surface area contributed by atoms with Gasteiger partial charge in [0.05, 0.1) is 24.4 Å². The van der Waals surface area contributed by atoms with Gasteiger partial charge in [0.25, 0.3) is 5.91 Å². The standard InChI is InChI=1S/C30H33FN2O5/c1-17(2)28(34)38-20-10-11-22(26(15-20)36-7)21-12-13-24-27(33(6)29(35)30(4,5)32-24)23(21)16-37-25-14-19(31)9-8-18(25)3/h8-15,17,32H,16H2,1-7H3. The van der Waals surface area contributed by atoms with Crippen LogP contribution in [0.5, 0.6) is 17.2 Å². The summed E-state index contributed by atoms with van der Waals surface area (Å²) in [5, 5.41) is 3.33. The molecule has 3 aromatic rings. The van der Waals surface area contributed by atoms with E-state index in [9.17, 15) is 14.0 Å². The number of likely N-dealkylation sites (N-methyl/N-ethyl adjacent to an activating group) is 1. The summed E-state index contributed by atoms with van der Waals surface area (Å²) in [7, 11) is 3.27. The molecule has 0 saturated carbocycles. The van der Waals surface area contributed by atoms with Crippen molar-refractivity contribution >= 4 is 23.3 Å². The predicted molar refractivity (Wildman–Crippen MR) is 145 cm³/mol. The molecule has 1 heterocycles. The number of hydrogen-bond donors (Lipinski definition) is 1. The number of hydrogen-bond acceptors (Lipinski definition) is 6. The molecule has 3 aromatic carbocycles. The molecule has 0 radical (unpaired) electrons. The monoisotopic (exact) mass is 520 g/mol. The molecule has 7 nitrogen and oxygen atoms in total. The van der Waals surface area contributed by atoms with Crippen LogP contribution in [0.1, 0.15) is 38.8 Å². The number of halogens is 1. The van der Waals surface area contributed by atoms with Gasteiger partial charge >= 0.3 is 5.97 Å². The topological polar surface area (TPSA) is 77.1 Å². The van der Waals surface area contributed by atoms with Gasteiger partial charge in [-0.3, -0.25) is 9.59 Å². The summed E-state index contributed by atoms with van der Waals surface area (Å²) >= 11 is 0. The van der Waals surface area contributed by atoms with Crippen LogP contribution in [0, 0.1) is 18.7 Å². The summed E-state index contributed by atoms with van der Waals surface area (Å²) in [5.74, 6) is 0.141. The number of anilines is 2. The molecule has 0 aromatic heterocycles. The maximum Gasteiger partial charge on any atom is 0.313 e. The quantitative estimate of drug-likeness (QED) is 0.299. The van der Waals surface area contributed by atoms with Gasteiger partial charge < -0.3 is 24.4 Å². The molecule has 4 rings (SSSR count). The van der Waals surface area contributed by atoms with Crippen molar-refractivity contribution in [2.75, 3.05) is 24.4 Å². The fourth-order valence-electron chi connectivity index (χ4n) is 4.50. The first-order valence-electron chi connectivity index (χ1n) is 12.4. The number of esters is 1. The lowest BCUT2D eigenvalue weighted by Crippen LogP contribution is -2.52. The third kappa shape index (κ3) is 5.16. The van der Waals surface area contributed by atoms with Crippen LogP contribution in [0.3, 0.4) is 0 Å². The first kappa shape index (κ1) is 27.0. The third-order valence-electron chi connectivity index (χ3n) is 6.58. The Morgan fingerprint density at radius 1 is 1.05 bits per heavy atom. The van der Waals surface area contributed by atoms with E-state index >= 15 is 0 Å². The second kappa shape index (κ2) is 10.4. The smallest absolute Gasteiger partial charge is 0.313 e. The van der Waals surface area contributed by atoms with Gasteiger partial charge in [-0.25, -0.2) is 4.39 Å². The Labute approximate surface area is 222 Å². The molecule has 200 valence electrons. The first-order valence-corrected chi connectivity index (χ1v) is 12.4. The summed E-state index contributed by atoms with van der Waals surface area (Å²) in [6.07, 6.45) is 0. The minimum absolute atomic E-state index is 0.0652. The Morgan fingerprint density at radius 3 is 2.45 bits per heavy atom. The highest BCUT2D eigenvalue weighted by Gasteiger charge is 2.38. The average Bonchev–Trinajstić information content (AvgIpc) is 2.87. The number of amides is 1. The summed E-state index contributed by atoms with van der Waals surface area (Å²) < 4.78 is 31.3. The SMILES string of the molecule is COc1cc(OC(=O)C(C)C)ccc1-c1ccc2c(c1COc1cc(F)ccc1C)N(C)C(=O)C(C)(C)N2. The molecule has 0 atom stereocenters. The number of nitrogens with one attached hydrogen (secondary N) is 1. The molecule has 8 heteroatoms. The van der Waals surface area contributed by atoms with Crippen molar-refractivity contribution in [3.05, 3.63) is 65.5 Å². The molecule has 0 saturated heterocycles. The van der Waals surface area contributed by atoms with E-state index in [4.69, 9.17) is 14.2 Å². The zero-order chi connectivity index (χ0) is 27.8. The molecule has 0 fully saturated rings. The van der Waals surface area contributed by atoms with Crippen LogP contribution in [0.4, 0.5) is 15.8 Å². The van der Waals surface area contributed by atoms with E-state index in [1.165, 1.54) is 19.2 Å². The summed E-state index contributed by atoms with van der Waals surface area (Å²) in [4.78, 5) is 27.0. The second-order valence-corrected chi connectivity index (χ2v) is 10.2. The lowest BCUT2D eigenvalue weighted by molar-refractivity contribution is -0.137. The highest BCUT2D eigenvalue weighted by atomic mass is 19.1. The summed E-state index contributed by atoms with van der Waals surface area (Å²) in [6, 6.07) is 13.4. The Hall–Kier alpha value is -4.07. The van der Waals surface area contributed by atoms with Gasteiger partial charge in [-0.1, -0.05) is 26.0 Å². The van der Waals surface area contributed by atoms with Crippen molar-refractivity contribution in [2.24, 2.45) is 5.92 Å². The fourth-order valence-corrected chi connectivity index (χ4v) is 4.50. The van der Waals surface area contributed by atoms with Crippen LogP contribution >= 0.6 is 0 Å². The third-order valence-corrected chi connectivity index (χ3v) is 6.58. The number of fused-ring (bicyclic) bond motifs is 1. The Bertz CT molecular complexity index is 1400. The lowest BCUT2D eigenvalue weighted by atomic mass is 9.91. The molecule has 1 N–H and O–H groups in total. The average molecular weight is 521 g/mol.